The fourth-order valence-corrected chi connectivity index (χ4v) is 2.40. The van der Waals surface area contributed by atoms with Crippen LogP contribution in [-0.4, -0.2) is 50.1 Å². The Balaban J connectivity index is 2.69. The number of rotatable bonds is 5. The Kier molecular flexibility index (Phi) is 6.56. The van der Waals surface area contributed by atoms with Crippen LogP contribution < -0.4 is 5.32 Å². The number of esters is 1. The first kappa shape index (κ1) is 15.7. The molecule has 5 heteroatoms. The van der Waals surface area contributed by atoms with Gasteiger partial charge in [-0.2, -0.15) is 0 Å². The van der Waals surface area contributed by atoms with Crippen LogP contribution in [0.5, 0.6) is 0 Å². The zero-order chi connectivity index (χ0) is 14.3. The summed E-state index contributed by atoms with van der Waals surface area (Å²) in [6.07, 6.45) is 5.59. The molecule has 0 spiro atoms. The molecule has 0 aromatic heterocycles. The average Bonchev–Trinajstić information content (AvgIpc) is 2.47. The van der Waals surface area contributed by atoms with E-state index in [1.165, 1.54) is 7.11 Å². The van der Waals surface area contributed by atoms with E-state index < -0.39 is 0 Å². The van der Waals surface area contributed by atoms with Gasteiger partial charge in [0.1, 0.15) is 0 Å². The van der Waals surface area contributed by atoms with Gasteiger partial charge in [0.25, 0.3) is 0 Å². The topological polar surface area (TPSA) is 58.6 Å². The van der Waals surface area contributed by atoms with Gasteiger partial charge in [0.05, 0.1) is 13.2 Å². The summed E-state index contributed by atoms with van der Waals surface area (Å²) >= 11 is 0. The smallest absolute Gasteiger partial charge is 0.333 e. The number of amides is 1. The third-order valence-corrected chi connectivity index (χ3v) is 3.56. The van der Waals surface area contributed by atoms with E-state index in [4.69, 9.17) is 4.74 Å². The van der Waals surface area contributed by atoms with E-state index in [0.717, 1.165) is 25.8 Å². The predicted octanol–water partition coefficient (Wildman–Crippen LogP) is 1.10. The Bertz CT molecular complexity index is 353. The number of nitrogens with one attached hydrogen (secondary N) is 1. The second-order valence-electron chi connectivity index (χ2n) is 4.70. The Hall–Kier alpha value is -1.36. The Morgan fingerprint density at radius 3 is 2.74 bits per heavy atom. The molecule has 1 aliphatic heterocycles. The lowest BCUT2D eigenvalue weighted by molar-refractivity contribution is -0.136. The van der Waals surface area contributed by atoms with Crippen molar-refractivity contribution in [3.63, 3.8) is 0 Å². The van der Waals surface area contributed by atoms with Crippen LogP contribution in [0.3, 0.4) is 0 Å². The van der Waals surface area contributed by atoms with Crippen molar-refractivity contribution in [3.05, 3.63) is 11.6 Å². The van der Waals surface area contributed by atoms with Crippen LogP contribution in [0.1, 0.15) is 32.6 Å². The lowest BCUT2D eigenvalue weighted by atomic mass is 10.0. The van der Waals surface area contributed by atoms with Crippen LogP contribution in [0.2, 0.25) is 0 Å². The van der Waals surface area contributed by atoms with E-state index in [2.05, 4.69) is 10.2 Å². The molecule has 5 nitrogen and oxygen atoms in total. The fourth-order valence-electron chi connectivity index (χ4n) is 2.40. The van der Waals surface area contributed by atoms with Crippen LogP contribution >= 0.6 is 0 Å². The number of hydrogen-bond donors (Lipinski definition) is 1. The van der Waals surface area contributed by atoms with E-state index in [1.54, 1.807) is 7.05 Å². The highest BCUT2D eigenvalue weighted by Crippen LogP contribution is 2.17. The molecule has 108 valence electrons. The number of likely N-dealkylation sites (tertiary alicyclic amines) is 1. The summed E-state index contributed by atoms with van der Waals surface area (Å²) in [5.41, 5.74) is 0.670. The van der Waals surface area contributed by atoms with Gasteiger partial charge in [-0.1, -0.05) is 19.4 Å². The van der Waals surface area contributed by atoms with Gasteiger partial charge in [0.15, 0.2) is 0 Å². The second kappa shape index (κ2) is 7.94. The molecule has 1 unspecified atom stereocenters. The summed E-state index contributed by atoms with van der Waals surface area (Å²) in [7, 11) is 3.05. The van der Waals surface area contributed by atoms with Gasteiger partial charge in [0, 0.05) is 19.2 Å². The van der Waals surface area contributed by atoms with E-state index in [-0.39, 0.29) is 17.9 Å². The van der Waals surface area contributed by atoms with Gasteiger partial charge in [-0.25, -0.2) is 4.79 Å². The summed E-state index contributed by atoms with van der Waals surface area (Å²) in [5.74, 6) is -0.222. The molecule has 1 aliphatic rings. The van der Waals surface area contributed by atoms with Crippen molar-refractivity contribution in [1.82, 2.24) is 10.2 Å². The zero-order valence-electron chi connectivity index (χ0n) is 12.1. The minimum absolute atomic E-state index is 0.0595. The number of likely N-dealkylation sites (N-methyl/N-ethyl adjacent to an activating group) is 1. The molecule has 1 amide bonds. The highest BCUT2D eigenvalue weighted by Gasteiger charge is 2.27. The third kappa shape index (κ3) is 4.35. The molecule has 19 heavy (non-hydrogen) atoms. The van der Waals surface area contributed by atoms with Crippen molar-refractivity contribution in [3.8, 4) is 0 Å². The van der Waals surface area contributed by atoms with Crippen LogP contribution in [-0.2, 0) is 14.3 Å². The summed E-state index contributed by atoms with van der Waals surface area (Å²) in [6.45, 7) is 3.44. The van der Waals surface area contributed by atoms with Crippen molar-refractivity contribution in [2.24, 2.45) is 0 Å². The molecule has 0 bridgehead atoms. The zero-order valence-corrected chi connectivity index (χ0v) is 12.1. The molecule has 1 heterocycles. The van der Waals surface area contributed by atoms with E-state index in [0.29, 0.717) is 18.5 Å². The van der Waals surface area contributed by atoms with Gasteiger partial charge in [-0.15, -0.1) is 0 Å². The molecule has 0 radical (unpaired) electrons. The first-order valence-electron chi connectivity index (χ1n) is 6.87. The summed E-state index contributed by atoms with van der Waals surface area (Å²) in [5, 5.41) is 2.71. The molecule has 0 aromatic rings. The third-order valence-electron chi connectivity index (χ3n) is 3.56. The maximum atomic E-state index is 11.8. The van der Waals surface area contributed by atoms with Crippen LogP contribution in [0.4, 0.5) is 0 Å². The van der Waals surface area contributed by atoms with Crippen molar-refractivity contribution < 1.29 is 14.3 Å². The van der Waals surface area contributed by atoms with Crippen molar-refractivity contribution in [2.45, 2.75) is 38.6 Å². The monoisotopic (exact) mass is 268 g/mol. The van der Waals surface area contributed by atoms with E-state index >= 15 is 0 Å². The molecule has 1 saturated heterocycles. The molecule has 1 atom stereocenters. The Morgan fingerprint density at radius 1 is 1.42 bits per heavy atom. The number of ether oxygens (including phenoxy) is 1. The van der Waals surface area contributed by atoms with E-state index in [1.807, 2.05) is 13.0 Å². The highest BCUT2D eigenvalue weighted by molar-refractivity contribution is 5.88. The number of carbonyl (C=O) groups is 2. The molecule has 0 saturated carbocycles. The normalized spacial score (nSPS) is 21.0. The molecule has 1 rings (SSSR count). The summed E-state index contributed by atoms with van der Waals surface area (Å²) < 4.78 is 4.73. The molecule has 1 N–H and O–H groups in total. The summed E-state index contributed by atoms with van der Waals surface area (Å²) in [4.78, 5) is 25.4. The largest absolute Gasteiger partial charge is 0.466 e. The van der Waals surface area contributed by atoms with Crippen molar-refractivity contribution in [2.75, 3.05) is 27.2 Å². The molecule has 0 aromatic carbocycles. The number of methoxy groups -OCH3 is 1. The molecule has 1 fully saturated rings. The average molecular weight is 268 g/mol. The van der Waals surface area contributed by atoms with Gasteiger partial charge < -0.3 is 10.1 Å². The minimum Gasteiger partial charge on any atom is -0.466 e. The maximum absolute atomic E-state index is 11.8. The standard InChI is InChI=1S/C14H24N2O3/c1-4-11(14(18)19-3)8-10-16-9-6-5-7-12(16)13(17)15-2/h8,12H,4-7,9-10H2,1-3H3,(H,15,17). The summed E-state index contributed by atoms with van der Waals surface area (Å²) in [6, 6.07) is -0.0780. The lowest BCUT2D eigenvalue weighted by Crippen LogP contribution is -2.48. The molecular formula is C14H24N2O3. The molecular weight excluding hydrogens is 244 g/mol. The quantitative estimate of drug-likeness (QED) is 0.599. The van der Waals surface area contributed by atoms with Gasteiger partial charge >= 0.3 is 5.97 Å². The number of nitrogens with zero attached hydrogens (tertiary/aromatic N) is 1. The SMILES string of the molecule is CCC(=CCN1CCCCC1C(=O)NC)C(=O)OC. The number of piperidine rings is 1. The van der Waals surface area contributed by atoms with Crippen molar-refractivity contribution in [1.29, 1.82) is 0 Å². The maximum Gasteiger partial charge on any atom is 0.333 e. The van der Waals surface area contributed by atoms with Crippen LogP contribution in [0, 0.1) is 0 Å². The number of carbonyl (C=O) groups excluding carboxylic acids is 2. The molecule has 0 aliphatic carbocycles. The van der Waals surface area contributed by atoms with Gasteiger partial charge in [0.2, 0.25) is 5.91 Å². The minimum atomic E-state index is -0.281. The van der Waals surface area contributed by atoms with Crippen molar-refractivity contribution >= 4 is 11.9 Å². The predicted molar refractivity (Wildman–Crippen MR) is 73.7 cm³/mol. The van der Waals surface area contributed by atoms with Gasteiger partial charge in [-0.05, 0) is 25.8 Å². The van der Waals surface area contributed by atoms with Crippen LogP contribution in [0.25, 0.3) is 0 Å². The van der Waals surface area contributed by atoms with Crippen LogP contribution in [0.15, 0.2) is 11.6 Å². The lowest BCUT2D eigenvalue weighted by Gasteiger charge is -2.33. The second-order valence-corrected chi connectivity index (χ2v) is 4.70. The first-order valence-corrected chi connectivity index (χ1v) is 6.87. The van der Waals surface area contributed by atoms with E-state index in [9.17, 15) is 9.59 Å². The van der Waals surface area contributed by atoms with Gasteiger partial charge in [-0.3, -0.25) is 9.69 Å². The fraction of sp³-hybridized carbons (Fsp3) is 0.714. The first-order chi connectivity index (χ1) is 9.13. The highest BCUT2D eigenvalue weighted by atomic mass is 16.5. The number of hydrogen-bond acceptors (Lipinski definition) is 4. The Labute approximate surface area is 115 Å². The Morgan fingerprint density at radius 2 is 2.16 bits per heavy atom.